The number of hydrogen-bond acceptors (Lipinski definition) is 5. The smallest absolute Gasteiger partial charge is 0.238 e. The van der Waals surface area contributed by atoms with E-state index < -0.39 is 5.41 Å². The van der Waals surface area contributed by atoms with Gasteiger partial charge in [-0.1, -0.05) is 31.5 Å². The molecule has 7 heteroatoms. The quantitative estimate of drug-likeness (QED) is 0.811. The third-order valence-corrected chi connectivity index (χ3v) is 5.28. The minimum absolute atomic E-state index is 0.0141. The molecule has 1 fully saturated rings. The lowest BCUT2D eigenvalue weighted by Crippen LogP contribution is -2.31. The zero-order chi connectivity index (χ0) is 18.5. The average Bonchev–Trinajstić information content (AvgIpc) is 2.83. The molecule has 132 valence electrons. The van der Waals surface area contributed by atoms with E-state index in [9.17, 15) is 4.79 Å². The van der Waals surface area contributed by atoms with Crippen molar-refractivity contribution in [2.45, 2.75) is 27.2 Å². The van der Waals surface area contributed by atoms with E-state index in [1.165, 1.54) is 0 Å². The largest absolute Gasteiger partial charge is 0.273 e. The van der Waals surface area contributed by atoms with Gasteiger partial charge in [-0.3, -0.25) is 9.69 Å². The number of carbonyl (C=O) groups excluding carboxylic acids is 1. The first-order chi connectivity index (χ1) is 12.4. The molecule has 1 amide bonds. The van der Waals surface area contributed by atoms with Crippen molar-refractivity contribution in [2.24, 2.45) is 11.3 Å². The minimum Gasteiger partial charge on any atom is -0.273 e. The van der Waals surface area contributed by atoms with Gasteiger partial charge in [-0.15, -0.1) is 10.2 Å². The fourth-order valence-corrected chi connectivity index (χ4v) is 3.63. The van der Waals surface area contributed by atoms with E-state index in [1.54, 1.807) is 29.4 Å². The summed E-state index contributed by atoms with van der Waals surface area (Å²) in [4.78, 5) is 23.3. The Bertz CT molecular complexity index is 931. The van der Waals surface area contributed by atoms with Gasteiger partial charge in [0.25, 0.3) is 0 Å². The van der Waals surface area contributed by atoms with Crippen LogP contribution in [0.3, 0.4) is 0 Å². The summed E-state index contributed by atoms with van der Waals surface area (Å²) in [6.45, 7) is 5.81. The van der Waals surface area contributed by atoms with Crippen molar-refractivity contribution in [3.8, 4) is 0 Å². The minimum atomic E-state index is -0.515. The van der Waals surface area contributed by atoms with Gasteiger partial charge in [-0.2, -0.15) is 0 Å². The second-order valence-corrected chi connectivity index (χ2v) is 7.50. The highest BCUT2D eigenvalue weighted by Crippen LogP contribution is 2.49. The molecule has 1 saturated heterocycles. The Labute approximate surface area is 156 Å². The first-order valence-electron chi connectivity index (χ1n) is 8.42. The maximum absolute atomic E-state index is 13.1. The van der Waals surface area contributed by atoms with Gasteiger partial charge in [-0.25, -0.2) is 9.97 Å². The molecule has 3 heterocycles. The lowest BCUT2D eigenvalue weighted by molar-refractivity contribution is -0.125. The van der Waals surface area contributed by atoms with Crippen LogP contribution in [0.4, 0.5) is 5.82 Å². The Kier molecular flexibility index (Phi) is 3.88. The summed E-state index contributed by atoms with van der Waals surface area (Å²) in [5, 5.41) is 8.30. The van der Waals surface area contributed by atoms with Crippen LogP contribution in [0, 0.1) is 18.3 Å². The number of hydrogen-bond donors (Lipinski definition) is 0. The Balaban J connectivity index is 1.79. The number of carbonyl (C=O) groups is 1. The summed E-state index contributed by atoms with van der Waals surface area (Å²) < 4.78 is 0. The lowest BCUT2D eigenvalue weighted by Gasteiger charge is -2.25. The fourth-order valence-electron chi connectivity index (χ4n) is 3.53. The van der Waals surface area contributed by atoms with Crippen LogP contribution in [0.25, 0.3) is 5.57 Å². The van der Waals surface area contributed by atoms with Crippen LogP contribution in [0.5, 0.6) is 0 Å². The number of allylic oxidation sites excluding steroid dienone is 4. The Morgan fingerprint density at radius 3 is 2.58 bits per heavy atom. The normalized spacial score (nSPS) is 21.3. The van der Waals surface area contributed by atoms with E-state index in [-0.39, 0.29) is 11.8 Å². The zero-order valence-corrected chi connectivity index (χ0v) is 15.5. The van der Waals surface area contributed by atoms with Gasteiger partial charge >= 0.3 is 0 Å². The van der Waals surface area contributed by atoms with Crippen LogP contribution in [-0.4, -0.2) is 26.1 Å². The van der Waals surface area contributed by atoms with Crippen LogP contribution < -0.4 is 4.90 Å². The third-order valence-electron chi connectivity index (χ3n) is 5.08. The van der Waals surface area contributed by atoms with Crippen LogP contribution in [0.15, 0.2) is 42.4 Å². The summed E-state index contributed by atoms with van der Waals surface area (Å²) >= 11 is 5.85. The average molecular weight is 368 g/mol. The molecule has 0 saturated carbocycles. The van der Waals surface area contributed by atoms with Gasteiger partial charge in [0.05, 0.1) is 5.41 Å². The summed E-state index contributed by atoms with van der Waals surface area (Å²) in [7, 11) is 0. The fraction of sp³-hybridized carbons (Fsp3) is 0.316. The van der Waals surface area contributed by atoms with Crippen molar-refractivity contribution < 1.29 is 4.79 Å². The number of rotatable bonds is 2. The molecule has 4 rings (SSSR count). The number of aryl methyl sites for hydroxylation is 1. The number of amides is 1. The molecule has 2 aromatic rings. The summed E-state index contributed by atoms with van der Waals surface area (Å²) in [5.74, 6) is 1.32. The molecule has 0 aromatic carbocycles. The van der Waals surface area contributed by atoms with E-state index in [0.717, 1.165) is 29.1 Å². The second kappa shape index (κ2) is 5.99. The zero-order valence-electron chi connectivity index (χ0n) is 14.8. The molecule has 2 aromatic heterocycles. The highest BCUT2D eigenvalue weighted by molar-refractivity contribution is 6.29. The molecule has 2 aliphatic rings. The maximum Gasteiger partial charge on any atom is 0.238 e. The van der Waals surface area contributed by atoms with Gasteiger partial charge in [0.1, 0.15) is 5.82 Å². The van der Waals surface area contributed by atoms with E-state index >= 15 is 0 Å². The van der Waals surface area contributed by atoms with Crippen LogP contribution in [-0.2, 0) is 4.79 Å². The van der Waals surface area contributed by atoms with Crippen molar-refractivity contribution in [1.29, 1.82) is 0 Å². The third kappa shape index (κ3) is 2.61. The lowest BCUT2D eigenvalue weighted by atomic mass is 9.75. The van der Waals surface area contributed by atoms with Gasteiger partial charge in [0.15, 0.2) is 11.0 Å². The van der Waals surface area contributed by atoms with Gasteiger partial charge in [0.2, 0.25) is 5.91 Å². The Morgan fingerprint density at radius 2 is 1.92 bits per heavy atom. The number of halogens is 1. The van der Waals surface area contributed by atoms with Crippen LogP contribution >= 0.6 is 11.6 Å². The highest BCUT2D eigenvalue weighted by Gasteiger charge is 2.51. The van der Waals surface area contributed by atoms with E-state index in [2.05, 4.69) is 26.2 Å². The van der Waals surface area contributed by atoms with Crippen LogP contribution in [0.2, 0.25) is 5.15 Å². The van der Waals surface area contributed by atoms with Crippen molar-refractivity contribution in [3.05, 3.63) is 58.9 Å². The van der Waals surface area contributed by atoms with Crippen molar-refractivity contribution in [3.63, 3.8) is 0 Å². The summed E-state index contributed by atoms with van der Waals surface area (Å²) in [6, 6.07) is 3.37. The molecule has 26 heavy (non-hydrogen) atoms. The standard InChI is InChI=1S/C19H18ClN5O/c1-11-21-9-13(10-22-11)12-4-5-14-15(8-12)25(18(26)19(14,2)3)17-7-6-16(20)23-24-17/h4,6-10,14H,5H2,1-3H3. The van der Waals surface area contributed by atoms with Crippen LogP contribution in [0.1, 0.15) is 31.7 Å². The number of fused-ring (bicyclic) bond motifs is 1. The van der Waals surface area contributed by atoms with Gasteiger partial charge in [-0.05, 0) is 37.1 Å². The number of anilines is 1. The van der Waals surface area contributed by atoms with Gasteiger partial charge in [0, 0.05) is 29.6 Å². The Hall–Kier alpha value is -2.60. The topological polar surface area (TPSA) is 71.9 Å². The predicted molar refractivity (Wildman–Crippen MR) is 99.2 cm³/mol. The molecule has 0 spiro atoms. The van der Waals surface area contributed by atoms with Crippen molar-refractivity contribution >= 4 is 28.9 Å². The predicted octanol–water partition coefficient (Wildman–Crippen LogP) is 3.59. The number of nitrogens with zero attached hydrogens (tertiary/aromatic N) is 5. The molecule has 0 radical (unpaired) electrons. The molecule has 1 aliphatic heterocycles. The molecule has 1 aliphatic carbocycles. The van der Waals surface area contributed by atoms with E-state index in [4.69, 9.17) is 11.6 Å². The molecular formula is C19H18ClN5O. The maximum atomic E-state index is 13.1. The molecule has 0 N–H and O–H groups in total. The summed E-state index contributed by atoms with van der Waals surface area (Å²) in [5.41, 5.74) is 2.35. The Morgan fingerprint density at radius 1 is 1.19 bits per heavy atom. The van der Waals surface area contributed by atoms with Crippen molar-refractivity contribution in [1.82, 2.24) is 20.2 Å². The van der Waals surface area contributed by atoms with E-state index in [1.807, 2.05) is 26.8 Å². The first kappa shape index (κ1) is 16.8. The highest BCUT2D eigenvalue weighted by atomic mass is 35.5. The molecule has 1 atom stereocenters. The van der Waals surface area contributed by atoms with Gasteiger partial charge < -0.3 is 0 Å². The number of aromatic nitrogens is 4. The SMILES string of the molecule is Cc1ncc(C2=CCC3C(=C2)N(c2ccc(Cl)nn2)C(=O)C3(C)C)cn1. The summed E-state index contributed by atoms with van der Waals surface area (Å²) in [6.07, 6.45) is 8.56. The molecular weight excluding hydrogens is 350 g/mol. The molecule has 1 unspecified atom stereocenters. The van der Waals surface area contributed by atoms with Crippen molar-refractivity contribution in [2.75, 3.05) is 4.90 Å². The first-order valence-corrected chi connectivity index (χ1v) is 8.80. The van der Waals surface area contributed by atoms with E-state index in [0.29, 0.717) is 11.0 Å². The molecule has 0 bridgehead atoms. The second-order valence-electron chi connectivity index (χ2n) is 7.11. The molecule has 6 nitrogen and oxygen atoms in total. The monoisotopic (exact) mass is 367 g/mol.